The zero-order valence-electron chi connectivity index (χ0n) is 15.1. The van der Waals surface area contributed by atoms with E-state index in [2.05, 4.69) is 10.6 Å². The zero-order chi connectivity index (χ0) is 18.3. The molecular formula is C18H27N3O3. The van der Waals surface area contributed by atoms with E-state index in [-0.39, 0.29) is 17.7 Å². The summed E-state index contributed by atoms with van der Waals surface area (Å²) in [4.78, 5) is 36.9. The largest absolute Gasteiger partial charge is 0.356 e. The summed E-state index contributed by atoms with van der Waals surface area (Å²) in [6, 6.07) is 6.77. The fraction of sp³-hybridized carbons (Fsp3) is 0.500. The van der Waals surface area contributed by atoms with Crippen molar-refractivity contribution in [3.05, 3.63) is 29.8 Å². The second-order valence-corrected chi connectivity index (χ2v) is 6.93. The van der Waals surface area contributed by atoms with Gasteiger partial charge in [-0.1, -0.05) is 20.8 Å². The van der Waals surface area contributed by atoms with Crippen molar-refractivity contribution in [1.29, 1.82) is 0 Å². The molecule has 132 valence electrons. The summed E-state index contributed by atoms with van der Waals surface area (Å²) in [5.41, 5.74) is 0.797. The number of amides is 3. The van der Waals surface area contributed by atoms with E-state index < -0.39 is 5.41 Å². The lowest BCUT2D eigenvalue weighted by Gasteiger charge is -2.17. The van der Waals surface area contributed by atoms with Gasteiger partial charge in [0.05, 0.1) is 0 Å². The Hall–Kier alpha value is -2.37. The van der Waals surface area contributed by atoms with Gasteiger partial charge in [0.2, 0.25) is 11.8 Å². The molecule has 0 aliphatic rings. The van der Waals surface area contributed by atoms with Gasteiger partial charge in [0.25, 0.3) is 5.91 Å². The van der Waals surface area contributed by atoms with Gasteiger partial charge in [-0.15, -0.1) is 0 Å². The van der Waals surface area contributed by atoms with Gasteiger partial charge in [-0.05, 0) is 30.7 Å². The predicted molar refractivity (Wildman–Crippen MR) is 94.8 cm³/mol. The fourth-order valence-electron chi connectivity index (χ4n) is 1.89. The van der Waals surface area contributed by atoms with Gasteiger partial charge in [0.1, 0.15) is 0 Å². The fourth-order valence-corrected chi connectivity index (χ4v) is 1.89. The Morgan fingerprint density at radius 2 is 1.62 bits per heavy atom. The third kappa shape index (κ3) is 6.40. The summed E-state index contributed by atoms with van der Waals surface area (Å²) in [7, 11) is 3.38. The van der Waals surface area contributed by atoms with Gasteiger partial charge in [-0.25, -0.2) is 0 Å². The van der Waals surface area contributed by atoms with Gasteiger partial charge in [0.15, 0.2) is 0 Å². The van der Waals surface area contributed by atoms with Crippen LogP contribution in [0, 0.1) is 5.41 Å². The summed E-state index contributed by atoms with van der Waals surface area (Å²) in [6.07, 6.45) is 0.896. The van der Waals surface area contributed by atoms with Crippen LogP contribution in [0.1, 0.15) is 44.0 Å². The summed E-state index contributed by atoms with van der Waals surface area (Å²) in [5.74, 6) is -0.224. The molecule has 24 heavy (non-hydrogen) atoms. The molecule has 0 bridgehead atoms. The third-order valence-electron chi connectivity index (χ3n) is 3.37. The van der Waals surface area contributed by atoms with Crippen LogP contribution in [0.4, 0.5) is 5.69 Å². The predicted octanol–water partition coefficient (Wildman–Crippen LogP) is 2.27. The highest BCUT2D eigenvalue weighted by Crippen LogP contribution is 2.13. The molecule has 6 heteroatoms. The molecule has 0 spiro atoms. The van der Waals surface area contributed by atoms with Crippen LogP contribution < -0.4 is 10.6 Å². The molecule has 6 nitrogen and oxygen atoms in total. The number of benzene rings is 1. The molecule has 0 heterocycles. The van der Waals surface area contributed by atoms with Crippen molar-refractivity contribution in [2.24, 2.45) is 5.41 Å². The van der Waals surface area contributed by atoms with E-state index in [4.69, 9.17) is 0 Å². The summed E-state index contributed by atoms with van der Waals surface area (Å²) >= 11 is 0. The van der Waals surface area contributed by atoms with Crippen molar-refractivity contribution in [2.75, 3.05) is 26.0 Å². The minimum atomic E-state index is -0.423. The van der Waals surface area contributed by atoms with Crippen LogP contribution in [0.3, 0.4) is 0 Å². The number of hydrogen-bond acceptors (Lipinski definition) is 3. The first-order valence-electron chi connectivity index (χ1n) is 8.01. The highest BCUT2D eigenvalue weighted by molar-refractivity contribution is 5.95. The van der Waals surface area contributed by atoms with Crippen LogP contribution >= 0.6 is 0 Å². The molecule has 0 saturated heterocycles. The number of carbonyl (C=O) groups excluding carboxylic acids is 3. The van der Waals surface area contributed by atoms with Crippen LogP contribution in [0.2, 0.25) is 0 Å². The number of nitrogens with one attached hydrogen (secondary N) is 2. The molecular weight excluding hydrogens is 306 g/mol. The molecule has 1 aromatic rings. The van der Waals surface area contributed by atoms with Gasteiger partial charge in [-0.2, -0.15) is 0 Å². The Bertz CT molecular complexity index is 587. The molecule has 0 unspecified atom stereocenters. The molecule has 1 aromatic carbocycles. The molecule has 0 saturated carbocycles. The van der Waals surface area contributed by atoms with Gasteiger partial charge in [0, 0.05) is 43.7 Å². The summed E-state index contributed by atoms with van der Waals surface area (Å²) in [5, 5.41) is 5.59. The summed E-state index contributed by atoms with van der Waals surface area (Å²) < 4.78 is 0. The van der Waals surface area contributed by atoms with Crippen LogP contribution in [-0.4, -0.2) is 43.3 Å². The molecule has 0 radical (unpaired) electrons. The molecule has 1 rings (SSSR count). The maximum Gasteiger partial charge on any atom is 0.253 e. The molecule has 0 aliphatic heterocycles. The first kappa shape index (κ1) is 19.7. The lowest BCUT2D eigenvalue weighted by Crippen LogP contribution is -2.35. The van der Waals surface area contributed by atoms with Crippen LogP contribution in [0.25, 0.3) is 0 Å². The van der Waals surface area contributed by atoms with Crippen molar-refractivity contribution < 1.29 is 14.4 Å². The summed E-state index contributed by atoms with van der Waals surface area (Å²) in [6.45, 7) is 6.01. The lowest BCUT2D eigenvalue weighted by atomic mass is 9.96. The highest BCUT2D eigenvalue weighted by Gasteiger charge is 2.20. The second kappa shape index (κ2) is 8.47. The SMILES string of the molecule is CN(C)C(=O)c1ccc(NC(=O)CCCNC(=O)C(C)(C)C)cc1. The van der Waals surface area contributed by atoms with E-state index in [9.17, 15) is 14.4 Å². The number of nitrogens with zero attached hydrogens (tertiary/aromatic N) is 1. The Balaban J connectivity index is 2.38. The minimum Gasteiger partial charge on any atom is -0.356 e. The first-order valence-corrected chi connectivity index (χ1v) is 8.01. The molecule has 0 atom stereocenters. The topological polar surface area (TPSA) is 78.5 Å². The smallest absolute Gasteiger partial charge is 0.253 e. The monoisotopic (exact) mass is 333 g/mol. The maximum atomic E-state index is 11.9. The van der Waals surface area contributed by atoms with Crippen molar-refractivity contribution >= 4 is 23.4 Å². The van der Waals surface area contributed by atoms with Crippen molar-refractivity contribution in [2.45, 2.75) is 33.6 Å². The number of anilines is 1. The Kier molecular flexibility index (Phi) is 6.95. The van der Waals surface area contributed by atoms with Crippen molar-refractivity contribution in [1.82, 2.24) is 10.2 Å². The minimum absolute atomic E-state index is 0.0240. The zero-order valence-corrected chi connectivity index (χ0v) is 15.1. The molecule has 0 fully saturated rings. The van der Waals surface area contributed by atoms with Crippen molar-refractivity contribution in [3.63, 3.8) is 0 Å². The number of rotatable bonds is 6. The van der Waals surface area contributed by atoms with Gasteiger partial charge >= 0.3 is 0 Å². The molecule has 3 amide bonds. The number of hydrogen-bond donors (Lipinski definition) is 2. The highest BCUT2D eigenvalue weighted by atomic mass is 16.2. The van der Waals surface area contributed by atoms with Crippen LogP contribution in [0.5, 0.6) is 0 Å². The Morgan fingerprint density at radius 1 is 1.04 bits per heavy atom. The number of carbonyl (C=O) groups is 3. The quantitative estimate of drug-likeness (QED) is 0.784. The van der Waals surface area contributed by atoms with Crippen LogP contribution in [-0.2, 0) is 9.59 Å². The van der Waals surface area contributed by atoms with E-state index >= 15 is 0 Å². The van der Waals surface area contributed by atoms with Crippen LogP contribution in [0.15, 0.2) is 24.3 Å². The van der Waals surface area contributed by atoms with E-state index in [0.717, 1.165) is 0 Å². The standard InChI is InChI=1S/C18H27N3O3/c1-18(2,3)17(24)19-12-6-7-15(22)20-14-10-8-13(9-11-14)16(23)21(4)5/h8-11H,6-7,12H2,1-5H3,(H,19,24)(H,20,22). The van der Waals surface area contributed by atoms with E-state index in [1.165, 1.54) is 4.90 Å². The molecule has 0 aromatic heterocycles. The first-order chi connectivity index (χ1) is 11.1. The van der Waals surface area contributed by atoms with Gasteiger partial charge in [-0.3, -0.25) is 14.4 Å². The second-order valence-electron chi connectivity index (χ2n) is 6.93. The van der Waals surface area contributed by atoms with Gasteiger partial charge < -0.3 is 15.5 Å². The van der Waals surface area contributed by atoms with E-state index in [1.807, 2.05) is 20.8 Å². The van der Waals surface area contributed by atoms with E-state index in [0.29, 0.717) is 30.6 Å². The van der Waals surface area contributed by atoms with Crippen molar-refractivity contribution in [3.8, 4) is 0 Å². The Labute approximate surface area is 143 Å². The maximum absolute atomic E-state index is 11.9. The Morgan fingerprint density at radius 3 is 2.12 bits per heavy atom. The molecule has 2 N–H and O–H groups in total. The normalized spacial score (nSPS) is 10.9. The van der Waals surface area contributed by atoms with E-state index in [1.54, 1.807) is 38.4 Å². The average Bonchev–Trinajstić information content (AvgIpc) is 2.50. The third-order valence-corrected chi connectivity index (χ3v) is 3.37. The molecule has 0 aliphatic carbocycles. The lowest BCUT2D eigenvalue weighted by molar-refractivity contribution is -0.128. The average molecular weight is 333 g/mol.